The van der Waals surface area contributed by atoms with Gasteiger partial charge in [0.2, 0.25) is 0 Å². The number of carbonyl (C=O) groups is 3. The largest absolute Gasteiger partial charge is 0.416 e. The second-order valence-corrected chi connectivity index (χ2v) is 11.9. The van der Waals surface area contributed by atoms with Crippen LogP contribution in [0.1, 0.15) is 83.0 Å². The van der Waals surface area contributed by atoms with Crippen LogP contribution in [0, 0.1) is 5.92 Å². The number of nitrogens with one attached hydrogen (secondary N) is 2. The van der Waals surface area contributed by atoms with Crippen molar-refractivity contribution in [3.8, 4) is 0 Å². The average Bonchev–Trinajstić information content (AvgIpc) is 3.59. The fraction of sp³-hybridized carbons (Fsp3) is 0.600. The Balaban J connectivity index is 1.43. The number of ether oxygens (including phenoxy) is 1. The van der Waals surface area contributed by atoms with Gasteiger partial charge in [-0.25, -0.2) is 4.68 Å². The van der Waals surface area contributed by atoms with Gasteiger partial charge in [0.25, 0.3) is 17.7 Å². The van der Waals surface area contributed by atoms with E-state index in [1.54, 1.807) is 9.80 Å². The van der Waals surface area contributed by atoms with E-state index in [-0.39, 0.29) is 41.9 Å². The zero-order valence-corrected chi connectivity index (χ0v) is 24.3. The molecule has 13 heteroatoms. The summed E-state index contributed by atoms with van der Waals surface area (Å²) in [4.78, 5) is 45.1. The molecule has 1 aliphatic carbocycles. The second-order valence-electron chi connectivity index (χ2n) is 11.9. The Bertz CT molecular complexity index is 1400. The summed E-state index contributed by atoms with van der Waals surface area (Å²) >= 11 is 0. The monoisotopic (exact) mass is 602 g/mol. The van der Waals surface area contributed by atoms with Crippen LogP contribution in [-0.4, -0.2) is 84.4 Å². The summed E-state index contributed by atoms with van der Waals surface area (Å²) in [5, 5.41) is 11.0. The Morgan fingerprint density at radius 3 is 2.49 bits per heavy atom. The third kappa shape index (κ3) is 5.52. The number of likely N-dealkylation sites (N-methyl/N-ethyl adjacent to an activating group) is 2. The molecular weight excluding hydrogens is 565 g/mol. The van der Waals surface area contributed by atoms with Gasteiger partial charge in [-0.1, -0.05) is 6.07 Å². The molecule has 2 N–H and O–H groups in total. The molecule has 2 saturated heterocycles. The number of benzene rings is 1. The molecule has 10 nitrogen and oxygen atoms in total. The highest BCUT2D eigenvalue weighted by Crippen LogP contribution is 2.52. The van der Waals surface area contributed by atoms with Crippen LogP contribution in [0.4, 0.5) is 19.0 Å². The van der Waals surface area contributed by atoms with Crippen molar-refractivity contribution in [1.82, 2.24) is 25.3 Å². The minimum absolute atomic E-state index is 0.0241. The van der Waals surface area contributed by atoms with E-state index in [0.29, 0.717) is 56.2 Å². The molecule has 3 unspecified atom stereocenters. The normalized spacial score (nSPS) is 24.8. The molecule has 0 spiro atoms. The first-order chi connectivity index (χ1) is 20.6. The molecule has 1 saturated carbocycles. The van der Waals surface area contributed by atoms with Crippen LogP contribution >= 0.6 is 0 Å². The van der Waals surface area contributed by atoms with Gasteiger partial charge in [-0.2, -0.15) is 18.3 Å². The van der Waals surface area contributed by atoms with E-state index < -0.39 is 29.6 Å². The first kappa shape index (κ1) is 29.6. The number of likely N-dealkylation sites (tertiary alicyclic amines) is 1. The molecule has 0 bridgehead atoms. The number of fused-ring (bicyclic) bond motifs is 1. The molecule has 43 heavy (non-hydrogen) atoms. The van der Waals surface area contributed by atoms with E-state index in [2.05, 4.69) is 10.6 Å². The van der Waals surface area contributed by atoms with Gasteiger partial charge in [-0.05, 0) is 70.2 Å². The number of hydrogen-bond acceptors (Lipinski definition) is 6. The van der Waals surface area contributed by atoms with Gasteiger partial charge in [0.1, 0.15) is 11.9 Å². The fourth-order valence-corrected chi connectivity index (χ4v) is 6.76. The van der Waals surface area contributed by atoms with Crippen molar-refractivity contribution in [2.45, 2.75) is 69.2 Å². The lowest BCUT2D eigenvalue weighted by Gasteiger charge is -2.39. The topological polar surface area (TPSA) is 109 Å². The standard InChI is InChI=1S/C30H37F3N6O4/c1-3-38-27-23(25(28(41)37-12-9-20(16-37)34-2)36-39(27)21-10-13-43-14-11-21)22(17-7-8-17)24(29(38)42)35-26(40)18-5-4-6-19(15-18)30(31,32)33/h4-6,15,17,20-22,24,34H,3,7-14,16H2,1-2H3,(H,35,40). The van der Waals surface area contributed by atoms with Crippen molar-refractivity contribution in [3.63, 3.8) is 0 Å². The third-order valence-electron chi connectivity index (χ3n) is 9.21. The number of rotatable bonds is 7. The number of halogens is 3. The van der Waals surface area contributed by atoms with Crippen LogP contribution in [0.3, 0.4) is 0 Å². The first-order valence-electron chi connectivity index (χ1n) is 15.1. The highest BCUT2D eigenvalue weighted by Gasteiger charge is 2.52. The molecule has 0 radical (unpaired) electrons. The summed E-state index contributed by atoms with van der Waals surface area (Å²) in [5.74, 6) is -1.25. The number of aromatic nitrogens is 2. The van der Waals surface area contributed by atoms with Gasteiger partial charge in [0.15, 0.2) is 5.69 Å². The van der Waals surface area contributed by atoms with Crippen LogP contribution in [0.25, 0.3) is 0 Å². The molecular formula is C30H37F3N6O4. The maximum atomic E-state index is 14.2. The van der Waals surface area contributed by atoms with E-state index in [1.165, 1.54) is 12.1 Å². The Morgan fingerprint density at radius 1 is 1.12 bits per heavy atom. The molecule has 4 aliphatic rings. The number of anilines is 1. The second kappa shape index (κ2) is 11.6. The van der Waals surface area contributed by atoms with E-state index in [1.807, 2.05) is 18.7 Å². The fourth-order valence-electron chi connectivity index (χ4n) is 6.76. The van der Waals surface area contributed by atoms with Gasteiger partial charge in [-0.15, -0.1) is 0 Å². The highest BCUT2D eigenvalue weighted by atomic mass is 19.4. The Morgan fingerprint density at radius 2 is 1.86 bits per heavy atom. The first-order valence-corrected chi connectivity index (χ1v) is 15.1. The van der Waals surface area contributed by atoms with Crippen molar-refractivity contribution in [2.24, 2.45) is 5.92 Å². The maximum Gasteiger partial charge on any atom is 0.416 e. The van der Waals surface area contributed by atoms with E-state index in [4.69, 9.17) is 9.84 Å². The summed E-state index contributed by atoms with van der Waals surface area (Å²) in [6.07, 6.45) is -0.822. The zero-order chi connectivity index (χ0) is 30.5. The molecule has 4 heterocycles. The Labute approximate surface area is 247 Å². The lowest BCUT2D eigenvalue weighted by Crippen LogP contribution is -2.56. The summed E-state index contributed by atoms with van der Waals surface area (Å²) in [5.41, 5.74) is -0.181. The molecule has 3 aliphatic heterocycles. The van der Waals surface area contributed by atoms with Gasteiger partial charge >= 0.3 is 6.18 Å². The summed E-state index contributed by atoms with van der Waals surface area (Å²) < 4.78 is 47.6. The number of hydrogen-bond donors (Lipinski definition) is 2. The Kier molecular flexibility index (Phi) is 7.97. The molecule has 6 rings (SSSR count). The van der Waals surface area contributed by atoms with E-state index in [0.717, 1.165) is 31.4 Å². The summed E-state index contributed by atoms with van der Waals surface area (Å²) in [7, 11) is 1.87. The van der Waals surface area contributed by atoms with Crippen molar-refractivity contribution < 1.29 is 32.3 Å². The van der Waals surface area contributed by atoms with Gasteiger partial charge in [0, 0.05) is 55.9 Å². The molecule has 232 valence electrons. The number of amides is 3. The SMILES string of the molecule is CCN1C(=O)C(NC(=O)c2cccc(C(F)(F)F)c2)C(C2CC2)c2c(C(=O)N3CCC(NC)C3)nn(C3CCOCC3)c21. The van der Waals surface area contributed by atoms with Crippen molar-refractivity contribution in [2.75, 3.05) is 44.8 Å². The minimum atomic E-state index is -4.61. The average molecular weight is 603 g/mol. The van der Waals surface area contributed by atoms with Crippen LogP contribution < -0.4 is 15.5 Å². The molecule has 2 aromatic rings. The summed E-state index contributed by atoms with van der Waals surface area (Å²) in [6, 6.07) is 3.23. The predicted molar refractivity (Wildman–Crippen MR) is 151 cm³/mol. The Hall–Kier alpha value is -3.45. The van der Waals surface area contributed by atoms with Gasteiger partial charge in [-0.3, -0.25) is 19.3 Å². The van der Waals surface area contributed by atoms with Crippen molar-refractivity contribution >= 4 is 23.5 Å². The highest BCUT2D eigenvalue weighted by molar-refractivity contribution is 6.07. The summed E-state index contributed by atoms with van der Waals surface area (Å²) in [6.45, 7) is 4.29. The van der Waals surface area contributed by atoms with Gasteiger partial charge in [0.05, 0.1) is 11.6 Å². The van der Waals surface area contributed by atoms with Crippen LogP contribution in [0.2, 0.25) is 0 Å². The van der Waals surface area contributed by atoms with Crippen LogP contribution in [0.5, 0.6) is 0 Å². The molecule has 1 aromatic heterocycles. The molecule has 3 atom stereocenters. The molecule has 3 fully saturated rings. The molecule has 1 aromatic carbocycles. The van der Waals surface area contributed by atoms with Crippen LogP contribution in [0.15, 0.2) is 24.3 Å². The predicted octanol–water partition coefficient (Wildman–Crippen LogP) is 3.35. The quantitative estimate of drug-likeness (QED) is 0.504. The minimum Gasteiger partial charge on any atom is -0.381 e. The van der Waals surface area contributed by atoms with Crippen molar-refractivity contribution in [3.05, 3.63) is 46.6 Å². The van der Waals surface area contributed by atoms with Crippen molar-refractivity contribution in [1.29, 1.82) is 0 Å². The van der Waals surface area contributed by atoms with E-state index in [9.17, 15) is 27.6 Å². The third-order valence-corrected chi connectivity index (χ3v) is 9.21. The zero-order valence-electron chi connectivity index (χ0n) is 24.3. The smallest absolute Gasteiger partial charge is 0.381 e. The maximum absolute atomic E-state index is 14.2. The van der Waals surface area contributed by atoms with E-state index >= 15 is 0 Å². The number of nitrogens with zero attached hydrogens (tertiary/aromatic N) is 4. The lowest BCUT2D eigenvalue weighted by atomic mass is 9.82. The number of alkyl halides is 3. The van der Waals surface area contributed by atoms with Gasteiger partial charge < -0.3 is 20.3 Å². The lowest BCUT2D eigenvalue weighted by molar-refractivity contribution is -0.137. The molecule has 3 amide bonds. The van der Waals surface area contributed by atoms with Crippen LogP contribution in [-0.2, 0) is 15.7 Å². The number of carbonyl (C=O) groups excluding carboxylic acids is 3.